The molecule has 2 N–H and O–H groups in total. The molecule has 3 heteroatoms. The number of anilines is 1. The van der Waals surface area contributed by atoms with Gasteiger partial charge in [0.15, 0.2) is 0 Å². The van der Waals surface area contributed by atoms with Crippen molar-refractivity contribution in [2.45, 2.75) is 13.5 Å². The molecule has 0 unspecified atom stereocenters. The largest absolute Gasteiger partial charge is 0.508 e. The Bertz CT molecular complexity index is 576. The van der Waals surface area contributed by atoms with Crippen molar-refractivity contribution in [2.75, 3.05) is 11.9 Å². The molecule has 0 saturated carbocycles. The summed E-state index contributed by atoms with van der Waals surface area (Å²) in [5, 5.41) is 12.8. The lowest BCUT2D eigenvalue weighted by atomic mass is 10.2. The Morgan fingerprint density at radius 2 is 1.95 bits per heavy atom. The van der Waals surface area contributed by atoms with E-state index in [-0.39, 0.29) is 0 Å². The maximum absolute atomic E-state index is 9.48. The number of aromatic hydroxyl groups is 1. The lowest BCUT2D eigenvalue weighted by Gasteiger charge is -2.09. The van der Waals surface area contributed by atoms with Gasteiger partial charge in [0.2, 0.25) is 0 Å². The molecule has 0 aliphatic carbocycles. The average molecular weight is 269 g/mol. The summed E-state index contributed by atoms with van der Waals surface area (Å²) in [6.07, 6.45) is 1.72. The first-order chi connectivity index (χ1) is 9.69. The van der Waals surface area contributed by atoms with Gasteiger partial charge in [0, 0.05) is 12.2 Å². The average Bonchev–Trinajstić information content (AvgIpc) is 2.47. The Balaban J connectivity index is 1.93. The van der Waals surface area contributed by atoms with E-state index >= 15 is 0 Å². The number of benzene rings is 2. The summed E-state index contributed by atoms with van der Waals surface area (Å²) in [6.45, 7) is 6.74. The van der Waals surface area contributed by atoms with Crippen molar-refractivity contribution in [2.24, 2.45) is 0 Å². The predicted molar refractivity (Wildman–Crippen MR) is 82.3 cm³/mol. The smallest absolute Gasteiger partial charge is 0.119 e. The fourth-order valence-electron chi connectivity index (χ4n) is 1.83. The van der Waals surface area contributed by atoms with Crippen LogP contribution in [0.4, 0.5) is 5.69 Å². The minimum atomic E-state index is 0.319. The van der Waals surface area contributed by atoms with Crippen molar-refractivity contribution in [3.63, 3.8) is 0 Å². The zero-order valence-corrected chi connectivity index (χ0v) is 11.6. The van der Waals surface area contributed by atoms with E-state index in [9.17, 15) is 5.11 Å². The maximum atomic E-state index is 9.48. The second-order valence-electron chi connectivity index (χ2n) is 4.60. The van der Waals surface area contributed by atoms with Gasteiger partial charge in [0.25, 0.3) is 0 Å². The molecule has 0 amide bonds. The number of aryl methyl sites for hydroxylation is 1. The second-order valence-corrected chi connectivity index (χ2v) is 4.60. The van der Waals surface area contributed by atoms with Crippen LogP contribution in [-0.2, 0) is 6.54 Å². The third kappa shape index (κ3) is 3.79. The summed E-state index contributed by atoms with van der Waals surface area (Å²) >= 11 is 0. The second kappa shape index (κ2) is 6.66. The van der Waals surface area contributed by atoms with Gasteiger partial charge in [-0.3, -0.25) is 0 Å². The molecular weight excluding hydrogens is 250 g/mol. The minimum Gasteiger partial charge on any atom is -0.508 e. The molecule has 0 aliphatic rings. The van der Waals surface area contributed by atoms with E-state index in [1.54, 1.807) is 12.1 Å². The van der Waals surface area contributed by atoms with E-state index in [1.807, 2.05) is 43.3 Å². The van der Waals surface area contributed by atoms with Crippen molar-refractivity contribution in [3.8, 4) is 11.5 Å². The predicted octanol–water partition coefficient (Wildman–Crippen LogP) is 3.88. The molecule has 0 atom stereocenters. The van der Waals surface area contributed by atoms with Gasteiger partial charge in [-0.05, 0) is 48.4 Å². The first kappa shape index (κ1) is 14.0. The molecule has 104 valence electrons. The Hall–Kier alpha value is -2.42. The van der Waals surface area contributed by atoms with Gasteiger partial charge >= 0.3 is 0 Å². The monoisotopic (exact) mass is 269 g/mol. The number of nitrogens with one attached hydrogen (secondary N) is 1. The molecule has 2 rings (SSSR count). The molecule has 0 bridgehead atoms. The first-order valence-corrected chi connectivity index (χ1v) is 6.55. The molecule has 0 radical (unpaired) electrons. The Morgan fingerprint density at radius 3 is 2.60 bits per heavy atom. The number of hydrogen-bond donors (Lipinski definition) is 2. The zero-order valence-electron chi connectivity index (χ0n) is 11.6. The molecule has 0 aliphatic heterocycles. The van der Waals surface area contributed by atoms with E-state index in [1.165, 1.54) is 5.56 Å². The summed E-state index contributed by atoms with van der Waals surface area (Å²) < 4.78 is 5.44. The summed E-state index contributed by atoms with van der Waals surface area (Å²) in [5.41, 5.74) is 3.03. The maximum Gasteiger partial charge on any atom is 0.119 e. The first-order valence-electron chi connectivity index (χ1n) is 6.55. The van der Waals surface area contributed by atoms with Crippen LogP contribution in [0.1, 0.15) is 11.1 Å². The van der Waals surface area contributed by atoms with Crippen molar-refractivity contribution in [1.82, 2.24) is 0 Å². The molecule has 2 aromatic carbocycles. The Labute approximate surface area is 119 Å². The lowest BCUT2D eigenvalue weighted by molar-refractivity contribution is 0.363. The zero-order chi connectivity index (χ0) is 14.4. The van der Waals surface area contributed by atoms with E-state index in [0.717, 1.165) is 23.5 Å². The van der Waals surface area contributed by atoms with E-state index in [0.29, 0.717) is 12.4 Å². The molecule has 0 heterocycles. The highest BCUT2D eigenvalue weighted by molar-refractivity contribution is 5.50. The number of phenols is 1. The van der Waals surface area contributed by atoms with Gasteiger partial charge in [0.1, 0.15) is 18.1 Å². The van der Waals surface area contributed by atoms with Gasteiger partial charge in [0.05, 0.1) is 0 Å². The third-order valence-corrected chi connectivity index (χ3v) is 2.98. The fraction of sp³-hybridized carbons (Fsp3) is 0.176. The van der Waals surface area contributed by atoms with Crippen LogP contribution in [0.5, 0.6) is 11.5 Å². The van der Waals surface area contributed by atoms with Crippen molar-refractivity contribution in [3.05, 3.63) is 66.2 Å². The highest BCUT2D eigenvalue weighted by Gasteiger charge is 1.99. The van der Waals surface area contributed by atoms with Gasteiger partial charge in [-0.15, -0.1) is 0 Å². The number of rotatable bonds is 6. The highest BCUT2D eigenvalue weighted by Crippen LogP contribution is 2.21. The Morgan fingerprint density at radius 1 is 1.20 bits per heavy atom. The summed E-state index contributed by atoms with van der Waals surface area (Å²) in [5.74, 6) is 1.16. The van der Waals surface area contributed by atoms with Gasteiger partial charge in [-0.25, -0.2) is 0 Å². The van der Waals surface area contributed by atoms with Crippen LogP contribution in [0.2, 0.25) is 0 Å². The number of hydrogen-bond acceptors (Lipinski definition) is 3. The highest BCUT2D eigenvalue weighted by atomic mass is 16.5. The summed E-state index contributed by atoms with van der Waals surface area (Å²) in [7, 11) is 0. The summed E-state index contributed by atoms with van der Waals surface area (Å²) in [6, 6.07) is 13.4. The van der Waals surface area contributed by atoms with Crippen LogP contribution in [0.3, 0.4) is 0 Å². The molecule has 2 aromatic rings. The molecule has 0 spiro atoms. The number of phenolic OH excluding ortho intramolecular Hbond substituents is 1. The topological polar surface area (TPSA) is 41.5 Å². The van der Waals surface area contributed by atoms with Gasteiger partial charge < -0.3 is 15.2 Å². The normalized spacial score (nSPS) is 10.1. The Kier molecular flexibility index (Phi) is 4.66. The molecule has 0 aromatic heterocycles. The van der Waals surface area contributed by atoms with E-state index < -0.39 is 0 Å². The molecular formula is C17H19NO2. The number of ether oxygens (including phenoxy) is 1. The van der Waals surface area contributed by atoms with E-state index in [2.05, 4.69) is 11.9 Å². The van der Waals surface area contributed by atoms with E-state index in [4.69, 9.17) is 4.74 Å². The van der Waals surface area contributed by atoms with Crippen LogP contribution in [0.15, 0.2) is 55.1 Å². The standard InChI is InChI=1S/C17H19NO2/c1-3-10-20-16-7-4-14(5-8-16)12-18-15-6-9-17(19)13(2)11-15/h3-9,11,18-19H,1,10,12H2,2H3. The van der Waals surface area contributed by atoms with Crippen LogP contribution in [0, 0.1) is 6.92 Å². The molecule has 20 heavy (non-hydrogen) atoms. The van der Waals surface area contributed by atoms with Crippen LogP contribution < -0.4 is 10.1 Å². The minimum absolute atomic E-state index is 0.319. The molecule has 3 nitrogen and oxygen atoms in total. The van der Waals surface area contributed by atoms with Crippen molar-refractivity contribution in [1.29, 1.82) is 0 Å². The SMILES string of the molecule is C=CCOc1ccc(CNc2ccc(O)c(C)c2)cc1. The molecule has 0 saturated heterocycles. The molecule has 0 fully saturated rings. The van der Waals surface area contributed by atoms with Crippen molar-refractivity contribution < 1.29 is 9.84 Å². The fourth-order valence-corrected chi connectivity index (χ4v) is 1.83. The van der Waals surface area contributed by atoms with Gasteiger partial charge in [-0.1, -0.05) is 24.8 Å². The van der Waals surface area contributed by atoms with Crippen LogP contribution >= 0.6 is 0 Å². The van der Waals surface area contributed by atoms with Gasteiger partial charge in [-0.2, -0.15) is 0 Å². The third-order valence-electron chi connectivity index (χ3n) is 2.98. The van der Waals surface area contributed by atoms with Crippen molar-refractivity contribution >= 4 is 5.69 Å². The lowest BCUT2D eigenvalue weighted by Crippen LogP contribution is -2.00. The quantitative estimate of drug-likeness (QED) is 0.617. The van der Waals surface area contributed by atoms with Crippen LogP contribution in [0.25, 0.3) is 0 Å². The summed E-state index contributed by atoms with van der Waals surface area (Å²) in [4.78, 5) is 0. The van der Waals surface area contributed by atoms with Crippen LogP contribution in [-0.4, -0.2) is 11.7 Å².